The molecule has 4 aromatic rings. The first kappa shape index (κ1) is 21.2. The largest absolute Gasteiger partial charge is 0.377 e. The molecule has 0 radical (unpaired) electrons. The first-order valence-electron chi connectivity index (χ1n) is 11.4. The molecule has 1 heterocycles. The monoisotopic (exact) mass is 432 g/mol. The van der Waals surface area contributed by atoms with Crippen LogP contribution in [0.5, 0.6) is 0 Å². The van der Waals surface area contributed by atoms with Crippen LogP contribution in [0.3, 0.4) is 0 Å². The summed E-state index contributed by atoms with van der Waals surface area (Å²) in [5, 5.41) is 0. The fourth-order valence-electron chi connectivity index (χ4n) is 4.83. The first-order valence-corrected chi connectivity index (χ1v) is 11.4. The minimum atomic E-state index is -0.527. The van der Waals surface area contributed by atoms with Gasteiger partial charge in [-0.1, -0.05) is 109 Å². The molecule has 3 heteroatoms. The Hall–Kier alpha value is -3.69. The molecule has 0 fully saturated rings. The number of ether oxygens (including phenoxy) is 1. The van der Waals surface area contributed by atoms with Crippen molar-refractivity contribution in [2.24, 2.45) is 0 Å². The zero-order valence-corrected chi connectivity index (χ0v) is 18.8. The molecule has 0 N–H and O–H groups in total. The van der Waals surface area contributed by atoms with Crippen molar-refractivity contribution in [3.8, 4) is 0 Å². The Morgan fingerprint density at radius 1 is 0.848 bits per heavy atom. The maximum absolute atomic E-state index is 5.54. The lowest BCUT2D eigenvalue weighted by Crippen LogP contribution is -2.36. The van der Waals surface area contributed by atoms with Gasteiger partial charge in [-0.15, -0.1) is 0 Å². The van der Waals surface area contributed by atoms with Crippen molar-refractivity contribution in [3.63, 3.8) is 0 Å². The van der Waals surface area contributed by atoms with Gasteiger partial charge in [0.05, 0.1) is 18.1 Å². The van der Waals surface area contributed by atoms with Crippen molar-refractivity contribution in [3.05, 3.63) is 150 Å². The van der Waals surface area contributed by atoms with Gasteiger partial charge in [0.1, 0.15) is 5.54 Å². The van der Waals surface area contributed by atoms with Crippen molar-refractivity contribution < 1.29 is 4.74 Å². The third kappa shape index (κ3) is 4.08. The first-order chi connectivity index (χ1) is 16.3. The molecule has 0 saturated heterocycles. The van der Waals surface area contributed by atoms with Crippen LogP contribution in [0.25, 0.3) is 0 Å². The van der Waals surface area contributed by atoms with E-state index in [2.05, 4.69) is 120 Å². The zero-order valence-electron chi connectivity index (χ0n) is 18.8. The van der Waals surface area contributed by atoms with Crippen LogP contribution >= 0.6 is 0 Å². The van der Waals surface area contributed by atoms with Crippen LogP contribution in [0.1, 0.15) is 28.8 Å². The number of imidazole rings is 1. The Labute approximate surface area is 195 Å². The van der Waals surface area contributed by atoms with Crippen LogP contribution in [0.2, 0.25) is 0 Å². The number of nitrogens with zero attached hydrogens (tertiary/aromatic N) is 2. The molecule has 33 heavy (non-hydrogen) atoms. The maximum Gasteiger partial charge on any atom is 0.121 e. The topological polar surface area (TPSA) is 27.1 Å². The third-order valence-corrected chi connectivity index (χ3v) is 6.39. The van der Waals surface area contributed by atoms with Crippen LogP contribution in [0.4, 0.5) is 0 Å². The van der Waals surface area contributed by atoms with E-state index in [1.165, 1.54) is 22.3 Å². The molecule has 1 aliphatic carbocycles. The van der Waals surface area contributed by atoms with E-state index in [1.54, 1.807) is 7.11 Å². The highest BCUT2D eigenvalue weighted by Crippen LogP contribution is 2.40. The van der Waals surface area contributed by atoms with E-state index in [0.29, 0.717) is 0 Å². The van der Waals surface area contributed by atoms with Gasteiger partial charge < -0.3 is 9.30 Å². The van der Waals surface area contributed by atoms with Gasteiger partial charge in [0.2, 0.25) is 0 Å². The van der Waals surface area contributed by atoms with E-state index in [1.807, 2.05) is 6.33 Å². The minimum absolute atomic E-state index is 0.143. The molecule has 1 aliphatic rings. The summed E-state index contributed by atoms with van der Waals surface area (Å²) >= 11 is 0. The van der Waals surface area contributed by atoms with Crippen LogP contribution in [-0.2, 0) is 16.7 Å². The second-order valence-electron chi connectivity index (χ2n) is 8.41. The molecule has 0 aliphatic heterocycles. The number of allylic oxidation sites excluding steroid dienone is 2. The van der Waals surface area contributed by atoms with E-state index in [-0.39, 0.29) is 6.10 Å². The lowest BCUT2D eigenvalue weighted by molar-refractivity contribution is 0.142. The SMILES string of the molecule is COC1C=C(Cc2cn(C(c3ccccc3)(c3ccccc3)c3ccccc3)cn2)C=CC1. The van der Waals surface area contributed by atoms with Gasteiger partial charge in [0.15, 0.2) is 0 Å². The second-order valence-corrected chi connectivity index (χ2v) is 8.41. The van der Waals surface area contributed by atoms with Crippen LogP contribution in [0.15, 0.2) is 127 Å². The minimum Gasteiger partial charge on any atom is -0.377 e. The molecular weight excluding hydrogens is 404 g/mol. The second kappa shape index (κ2) is 9.43. The molecule has 1 aromatic heterocycles. The summed E-state index contributed by atoms with van der Waals surface area (Å²) in [5.74, 6) is 0. The maximum atomic E-state index is 5.54. The Kier molecular flexibility index (Phi) is 6.05. The summed E-state index contributed by atoms with van der Waals surface area (Å²) < 4.78 is 7.81. The molecule has 3 aromatic carbocycles. The highest BCUT2D eigenvalue weighted by molar-refractivity contribution is 5.50. The Bertz CT molecular complexity index is 1140. The predicted octanol–water partition coefficient (Wildman–Crippen LogP) is 6.17. The molecule has 5 rings (SSSR count). The molecular formula is C30H28N2O. The number of hydrogen-bond donors (Lipinski definition) is 0. The van der Waals surface area contributed by atoms with Gasteiger partial charge >= 0.3 is 0 Å². The molecule has 0 spiro atoms. The van der Waals surface area contributed by atoms with Gasteiger partial charge in [-0.3, -0.25) is 0 Å². The molecule has 3 nitrogen and oxygen atoms in total. The number of methoxy groups -OCH3 is 1. The predicted molar refractivity (Wildman–Crippen MR) is 133 cm³/mol. The molecule has 0 saturated carbocycles. The molecule has 164 valence electrons. The number of aromatic nitrogens is 2. The average Bonchev–Trinajstić information content (AvgIpc) is 3.35. The van der Waals surface area contributed by atoms with Gasteiger partial charge in [0.25, 0.3) is 0 Å². The van der Waals surface area contributed by atoms with Crippen LogP contribution < -0.4 is 0 Å². The van der Waals surface area contributed by atoms with Crippen molar-refractivity contribution >= 4 is 0 Å². The van der Waals surface area contributed by atoms with E-state index in [0.717, 1.165) is 18.5 Å². The Morgan fingerprint density at radius 3 is 1.91 bits per heavy atom. The summed E-state index contributed by atoms with van der Waals surface area (Å²) in [6.45, 7) is 0. The molecule has 1 unspecified atom stereocenters. The average molecular weight is 433 g/mol. The Balaban J connectivity index is 1.66. The quantitative estimate of drug-likeness (QED) is 0.327. The smallest absolute Gasteiger partial charge is 0.121 e. The lowest BCUT2D eigenvalue weighted by atomic mass is 9.77. The summed E-state index contributed by atoms with van der Waals surface area (Å²) in [5.41, 5.74) is 5.34. The van der Waals surface area contributed by atoms with Crippen LogP contribution in [-0.4, -0.2) is 22.8 Å². The summed E-state index contributed by atoms with van der Waals surface area (Å²) in [4.78, 5) is 4.85. The van der Waals surface area contributed by atoms with E-state index >= 15 is 0 Å². The molecule has 1 atom stereocenters. The summed E-state index contributed by atoms with van der Waals surface area (Å²) in [6.07, 6.45) is 12.6. The summed E-state index contributed by atoms with van der Waals surface area (Å²) in [7, 11) is 1.76. The fourth-order valence-corrected chi connectivity index (χ4v) is 4.83. The van der Waals surface area contributed by atoms with Crippen molar-refractivity contribution in [1.82, 2.24) is 9.55 Å². The van der Waals surface area contributed by atoms with E-state index < -0.39 is 5.54 Å². The van der Waals surface area contributed by atoms with E-state index in [9.17, 15) is 0 Å². The Morgan fingerprint density at radius 2 is 1.39 bits per heavy atom. The zero-order chi connectivity index (χ0) is 22.5. The third-order valence-electron chi connectivity index (χ3n) is 6.39. The molecule has 0 amide bonds. The van der Waals surface area contributed by atoms with Crippen molar-refractivity contribution in [2.75, 3.05) is 7.11 Å². The van der Waals surface area contributed by atoms with Gasteiger partial charge in [-0.2, -0.15) is 0 Å². The van der Waals surface area contributed by atoms with Gasteiger partial charge in [-0.05, 0) is 28.7 Å². The number of benzene rings is 3. The number of hydrogen-bond acceptors (Lipinski definition) is 2. The molecule has 0 bridgehead atoms. The highest BCUT2D eigenvalue weighted by Gasteiger charge is 2.38. The summed E-state index contributed by atoms with van der Waals surface area (Å²) in [6, 6.07) is 32.1. The number of rotatable bonds is 7. The van der Waals surface area contributed by atoms with Gasteiger partial charge in [-0.25, -0.2) is 4.98 Å². The van der Waals surface area contributed by atoms with E-state index in [4.69, 9.17) is 9.72 Å². The lowest BCUT2D eigenvalue weighted by Gasteiger charge is -2.37. The normalized spacial score (nSPS) is 15.9. The highest BCUT2D eigenvalue weighted by atomic mass is 16.5. The van der Waals surface area contributed by atoms with Crippen molar-refractivity contribution in [1.29, 1.82) is 0 Å². The van der Waals surface area contributed by atoms with Crippen LogP contribution in [0, 0.1) is 0 Å². The van der Waals surface area contributed by atoms with Gasteiger partial charge in [0, 0.05) is 19.7 Å². The van der Waals surface area contributed by atoms with Crippen molar-refractivity contribution in [2.45, 2.75) is 24.5 Å². The fraction of sp³-hybridized carbons (Fsp3) is 0.167. The standard InChI is InChI=1S/C30H28N2O/c1-33-29-19-11-12-24(21-29)20-28-22-32(23-31-28)30(25-13-5-2-6-14-25,26-15-7-3-8-16-26)27-17-9-4-10-18-27/h2-18,21-23,29H,19-20H2,1H3.